The molecular weight excluding hydrogens is 258 g/mol. The first-order valence-electron chi connectivity index (χ1n) is 5.21. The number of halogens is 1. The molecule has 84 valence electrons. The zero-order valence-corrected chi connectivity index (χ0v) is 10.2. The first-order chi connectivity index (χ1) is 7.25. The Morgan fingerprint density at radius 2 is 2.00 bits per heavy atom. The van der Waals surface area contributed by atoms with Crippen molar-refractivity contribution in [3.63, 3.8) is 0 Å². The maximum atomic E-state index is 11.6. The molecule has 1 rings (SSSR count). The van der Waals surface area contributed by atoms with Gasteiger partial charge in [0, 0.05) is 19.3 Å². The first kappa shape index (κ1) is 12.5. The standard InChI is InChI=1S/C11H16BrNO2/c12-10-6-5-8-13(11(10)15)7-3-1-2-4-9-14/h5-6,8,14H,1-4,7,9H2. The summed E-state index contributed by atoms with van der Waals surface area (Å²) in [6.45, 7) is 1.01. The van der Waals surface area contributed by atoms with Crippen LogP contribution in [-0.2, 0) is 6.54 Å². The summed E-state index contributed by atoms with van der Waals surface area (Å²) < 4.78 is 2.32. The van der Waals surface area contributed by atoms with Crippen molar-refractivity contribution < 1.29 is 5.11 Å². The minimum Gasteiger partial charge on any atom is -0.396 e. The van der Waals surface area contributed by atoms with Crippen LogP contribution in [0, 0.1) is 0 Å². The SMILES string of the molecule is O=c1c(Br)cccn1CCCCCCO. The molecule has 0 spiro atoms. The quantitative estimate of drug-likeness (QED) is 0.808. The first-order valence-corrected chi connectivity index (χ1v) is 6.01. The van der Waals surface area contributed by atoms with E-state index in [0.29, 0.717) is 4.47 Å². The lowest BCUT2D eigenvalue weighted by Crippen LogP contribution is -2.19. The smallest absolute Gasteiger partial charge is 0.264 e. The molecule has 15 heavy (non-hydrogen) atoms. The normalized spacial score (nSPS) is 10.5. The molecule has 0 aliphatic heterocycles. The molecule has 0 bridgehead atoms. The van der Waals surface area contributed by atoms with Crippen LogP contribution in [0.2, 0.25) is 0 Å². The van der Waals surface area contributed by atoms with Crippen molar-refractivity contribution in [2.75, 3.05) is 6.61 Å². The number of hydrogen-bond acceptors (Lipinski definition) is 2. The van der Waals surface area contributed by atoms with Gasteiger partial charge in [-0.3, -0.25) is 4.79 Å². The Kier molecular flexibility index (Phi) is 5.65. The highest BCUT2D eigenvalue weighted by atomic mass is 79.9. The lowest BCUT2D eigenvalue weighted by Gasteiger charge is -2.05. The molecule has 0 radical (unpaired) electrons. The van der Waals surface area contributed by atoms with E-state index < -0.39 is 0 Å². The molecule has 0 aliphatic rings. The lowest BCUT2D eigenvalue weighted by molar-refractivity contribution is 0.282. The third-order valence-corrected chi connectivity index (χ3v) is 2.88. The number of unbranched alkanes of at least 4 members (excludes halogenated alkanes) is 3. The van der Waals surface area contributed by atoms with Gasteiger partial charge in [-0.25, -0.2) is 0 Å². The van der Waals surface area contributed by atoms with Crippen LogP contribution in [0.25, 0.3) is 0 Å². The van der Waals surface area contributed by atoms with Crippen molar-refractivity contribution in [1.82, 2.24) is 4.57 Å². The highest BCUT2D eigenvalue weighted by Gasteiger charge is 1.98. The Labute approximate surface area is 97.9 Å². The van der Waals surface area contributed by atoms with Gasteiger partial charge >= 0.3 is 0 Å². The largest absolute Gasteiger partial charge is 0.396 e. The van der Waals surface area contributed by atoms with Crippen LogP contribution in [0.1, 0.15) is 25.7 Å². The van der Waals surface area contributed by atoms with Gasteiger partial charge in [0.15, 0.2) is 0 Å². The van der Waals surface area contributed by atoms with Gasteiger partial charge in [0.2, 0.25) is 0 Å². The zero-order chi connectivity index (χ0) is 11.1. The molecule has 0 saturated carbocycles. The number of aliphatic hydroxyl groups excluding tert-OH is 1. The van der Waals surface area contributed by atoms with Gasteiger partial charge in [0.25, 0.3) is 5.56 Å². The van der Waals surface area contributed by atoms with Gasteiger partial charge in [-0.2, -0.15) is 0 Å². The van der Waals surface area contributed by atoms with Crippen LogP contribution in [0.4, 0.5) is 0 Å². The summed E-state index contributed by atoms with van der Waals surface area (Å²) in [4.78, 5) is 11.6. The Balaban J connectivity index is 2.38. The highest BCUT2D eigenvalue weighted by Crippen LogP contribution is 2.03. The summed E-state index contributed by atoms with van der Waals surface area (Å²) in [5.41, 5.74) is 0.0275. The number of pyridine rings is 1. The third-order valence-electron chi connectivity index (χ3n) is 2.28. The Morgan fingerprint density at radius 3 is 2.73 bits per heavy atom. The van der Waals surface area contributed by atoms with E-state index in [1.807, 2.05) is 6.07 Å². The van der Waals surface area contributed by atoms with Crippen molar-refractivity contribution in [1.29, 1.82) is 0 Å². The van der Waals surface area contributed by atoms with Crippen LogP contribution in [0.15, 0.2) is 27.6 Å². The fourth-order valence-electron chi connectivity index (χ4n) is 1.43. The van der Waals surface area contributed by atoms with Crippen LogP contribution >= 0.6 is 15.9 Å². The summed E-state index contributed by atoms with van der Waals surface area (Å²) in [5, 5.41) is 8.60. The van der Waals surface area contributed by atoms with E-state index in [0.717, 1.165) is 32.2 Å². The van der Waals surface area contributed by atoms with Crippen molar-refractivity contribution in [2.45, 2.75) is 32.2 Å². The Bertz CT molecular complexity index is 349. The molecule has 0 aromatic carbocycles. The average Bonchev–Trinajstić information content (AvgIpc) is 2.24. The molecule has 0 amide bonds. The fraction of sp³-hybridized carbons (Fsp3) is 0.545. The minimum absolute atomic E-state index is 0.0275. The van der Waals surface area contributed by atoms with Crippen LogP contribution < -0.4 is 5.56 Å². The molecule has 0 aliphatic carbocycles. The summed E-state index contributed by atoms with van der Waals surface area (Å²) in [6, 6.07) is 3.61. The van der Waals surface area contributed by atoms with Crippen LogP contribution in [0.5, 0.6) is 0 Å². The van der Waals surface area contributed by atoms with Gasteiger partial charge in [-0.15, -0.1) is 0 Å². The molecule has 1 heterocycles. The molecule has 0 unspecified atom stereocenters. The van der Waals surface area contributed by atoms with E-state index in [9.17, 15) is 4.79 Å². The topological polar surface area (TPSA) is 42.2 Å². The predicted molar refractivity (Wildman–Crippen MR) is 64.0 cm³/mol. The van der Waals surface area contributed by atoms with Gasteiger partial charge < -0.3 is 9.67 Å². The van der Waals surface area contributed by atoms with Crippen LogP contribution in [-0.4, -0.2) is 16.3 Å². The van der Waals surface area contributed by atoms with Crippen molar-refractivity contribution in [3.8, 4) is 0 Å². The van der Waals surface area contributed by atoms with Crippen molar-refractivity contribution >= 4 is 15.9 Å². The second kappa shape index (κ2) is 6.80. The fourth-order valence-corrected chi connectivity index (χ4v) is 1.81. The molecule has 1 N–H and O–H groups in total. The van der Waals surface area contributed by atoms with E-state index in [2.05, 4.69) is 15.9 Å². The molecule has 1 aromatic rings. The number of hydrogen-bond donors (Lipinski definition) is 1. The van der Waals surface area contributed by atoms with E-state index in [1.165, 1.54) is 0 Å². The highest BCUT2D eigenvalue weighted by molar-refractivity contribution is 9.10. The predicted octanol–water partition coefficient (Wildman–Crippen LogP) is 2.16. The van der Waals surface area contributed by atoms with Gasteiger partial charge in [0.05, 0.1) is 4.47 Å². The summed E-state index contributed by atoms with van der Waals surface area (Å²) in [5.74, 6) is 0. The number of aromatic nitrogens is 1. The summed E-state index contributed by atoms with van der Waals surface area (Å²) in [7, 11) is 0. The molecule has 4 heteroatoms. The second-order valence-corrected chi connectivity index (χ2v) is 4.35. The maximum absolute atomic E-state index is 11.6. The molecule has 3 nitrogen and oxygen atoms in total. The monoisotopic (exact) mass is 273 g/mol. The van der Waals surface area contributed by atoms with Gasteiger partial charge in [-0.1, -0.05) is 12.8 Å². The molecule has 1 aromatic heterocycles. The average molecular weight is 274 g/mol. The zero-order valence-electron chi connectivity index (χ0n) is 8.66. The summed E-state index contributed by atoms with van der Waals surface area (Å²) >= 11 is 3.21. The minimum atomic E-state index is 0.0275. The molecular formula is C11H16BrNO2. The van der Waals surface area contributed by atoms with E-state index in [1.54, 1.807) is 16.8 Å². The van der Waals surface area contributed by atoms with E-state index in [4.69, 9.17) is 5.11 Å². The molecule has 0 atom stereocenters. The number of aliphatic hydroxyl groups is 1. The number of aryl methyl sites for hydroxylation is 1. The van der Waals surface area contributed by atoms with Gasteiger partial charge in [0.1, 0.15) is 0 Å². The lowest BCUT2D eigenvalue weighted by atomic mass is 10.2. The van der Waals surface area contributed by atoms with Crippen molar-refractivity contribution in [2.24, 2.45) is 0 Å². The molecule has 0 fully saturated rings. The third kappa shape index (κ3) is 4.18. The molecule has 0 saturated heterocycles. The van der Waals surface area contributed by atoms with Crippen LogP contribution in [0.3, 0.4) is 0 Å². The Hall–Kier alpha value is -0.610. The van der Waals surface area contributed by atoms with E-state index >= 15 is 0 Å². The van der Waals surface area contributed by atoms with E-state index in [-0.39, 0.29) is 12.2 Å². The Morgan fingerprint density at radius 1 is 1.27 bits per heavy atom. The number of nitrogens with zero attached hydrogens (tertiary/aromatic N) is 1. The second-order valence-electron chi connectivity index (χ2n) is 3.49. The summed E-state index contributed by atoms with van der Waals surface area (Å²) in [6.07, 6.45) is 5.72. The van der Waals surface area contributed by atoms with Crippen molar-refractivity contribution in [3.05, 3.63) is 33.2 Å². The van der Waals surface area contributed by atoms with Gasteiger partial charge in [-0.05, 0) is 40.9 Å². The number of rotatable bonds is 6. The maximum Gasteiger partial charge on any atom is 0.264 e.